The third kappa shape index (κ3) is 3.81. The molecule has 0 atom stereocenters. The van der Waals surface area contributed by atoms with Crippen LogP contribution in [0.4, 0.5) is 0 Å². The molecule has 100 valence electrons. The van der Waals surface area contributed by atoms with Gasteiger partial charge in [0, 0.05) is 10.0 Å². The normalized spacial score (nSPS) is 11.3. The summed E-state index contributed by atoms with van der Waals surface area (Å²) >= 11 is 3.31. The Balaban J connectivity index is 3.35. The molecule has 1 aromatic rings. The van der Waals surface area contributed by atoms with E-state index < -0.39 is 5.97 Å². The molecular weight excluding hydrogens is 310 g/mol. The zero-order valence-electron chi connectivity index (χ0n) is 10.7. The molecule has 0 saturated carbocycles. The first-order valence-corrected chi connectivity index (χ1v) is 6.45. The van der Waals surface area contributed by atoms with E-state index in [1.807, 2.05) is 0 Å². The van der Waals surface area contributed by atoms with Crippen molar-refractivity contribution < 1.29 is 14.3 Å². The molecule has 4 nitrogen and oxygen atoms in total. The molecule has 0 aromatic heterocycles. The minimum Gasteiger partial charge on any atom is -0.462 e. The predicted molar refractivity (Wildman–Crippen MR) is 76.8 cm³/mol. The smallest absolute Gasteiger partial charge is 0.341 e. The highest BCUT2D eigenvalue weighted by Crippen LogP contribution is 2.21. The molecule has 19 heavy (non-hydrogen) atoms. The highest BCUT2D eigenvalue weighted by atomic mass is 79.9. The van der Waals surface area contributed by atoms with Gasteiger partial charge in [0.05, 0.1) is 17.9 Å². The highest BCUT2D eigenvalue weighted by Gasteiger charge is 2.18. The molecule has 0 fully saturated rings. The van der Waals surface area contributed by atoms with E-state index in [2.05, 4.69) is 15.9 Å². The molecule has 2 N–H and O–H groups in total. The van der Waals surface area contributed by atoms with Gasteiger partial charge in [-0.1, -0.05) is 28.1 Å². The molecule has 1 rings (SSSR count). The summed E-state index contributed by atoms with van der Waals surface area (Å²) in [6, 6.07) is 7.09. The maximum atomic E-state index is 11.9. The lowest BCUT2D eigenvalue weighted by Gasteiger charge is -2.10. The third-order valence-corrected chi connectivity index (χ3v) is 2.96. The maximum Gasteiger partial charge on any atom is 0.341 e. The summed E-state index contributed by atoms with van der Waals surface area (Å²) in [6.45, 7) is 3.37. The first-order chi connectivity index (χ1) is 9.01. The van der Waals surface area contributed by atoms with E-state index in [1.165, 1.54) is 6.92 Å². The van der Waals surface area contributed by atoms with E-state index in [4.69, 9.17) is 10.5 Å². The van der Waals surface area contributed by atoms with Gasteiger partial charge in [-0.25, -0.2) is 9.59 Å². The highest BCUT2D eigenvalue weighted by molar-refractivity contribution is 9.10. The van der Waals surface area contributed by atoms with Gasteiger partial charge in [0.1, 0.15) is 5.94 Å². The van der Waals surface area contributed by atoms with Crippen molar-refractivity contribution in [2.75, 3.05) is 6.61 Å². The maximum absolute atomic E-state index is 11.9. The van der Waals surface area contributed by atoms with Crippen LogP contribution in [0.3, 0.4) is 0 Å². The molecule has 0 heterocycles. The molecule has 0 unspecified atom stereocenters. The summed E-state index contributed by atoms with van der Waals surface area (Å²) < 4.78 is 5.80. The SMILES string of the molecule is CCOC(=O)/C(C(C)=C=O)=C(\N)c1ccc(Br)cc1. The Bertz CT molecular complexity index is 555. The van der Waals surface area contributed by atoms with E-state index in [0.29, 0.717) is 5.56 Å². The number of benzene rings is 1. The lowest BCUT2D eigenvalue weighted by atomic mass is 10.0. The van der Waals surface area contributed by atoms with Crippen LogP contribution in [0.1, 0.15) is 19.4 Å². The second kappa shape index (κ2) is 6.92. The quantitative estimate of drug-likeness (QED) is 0.400. The summed E-state index contributed by atoms with van der Waals surface area (Å²) in [5.41, 5.74) is 6.98. The number of rotatable bonds is 4. The number of halogens is 1. The van der Waals surface area contributed by atoms with Gasteiger partial charge in [-0.3, -0.25) is 0 Å². The summed E-state index contributed by atoms with van der Waals surface area (Å²) in [7, 11) is 0. The number of ether oxygens (including phenoxy) is 1. The monoisotopic (exact) mass is 323 g/mol. The molecule has 5 heteroatoms. The minimum atomic E-state index is -0.622. The van der Waals surface area contributed by atoms with Crippen molar-refractivity contribution in [3.05, 3.63) is 45.4 Å². The molecular formula is C14H14BrNO3. The summed E-state index contributed by atoms with van der Waals surface area (Å²) in [5.74, 6) is 1.06. The number of nitrogens with two attached hydrogens (primary N) is 1. The van der Waals surface area contributed by atoms with Crippen LogP contribution in [-0.2, 0) is 14.3 Å². The van der Waals surface area contributed by atoms with E-state index >= 15 is 0 Å². The number of carbonyl (C=O) groups excluding carboxylic acids is 2. The first-order valence-electron chi connectivity index (χ1n) is 5.66. The van der Waals surface area contributed by atoms with Crippen LogP contribution in [-0.4, -0.2) is 18.5 Å². The van der Waals surface area contributed by atoms with Crippen molar-refractivity contribution in [1.29, 1.82) is 0 Å². The van der Waals surface area contributed by atoms with Crippen LogP contribution in [0.15, 0.2) is 39.9 Å². The van der Waals surface area contributed by atoms with Gasteiger partial charge < -0.3 is 10.5 Å². The molecule has 0 amide bonds. The first kappa shape index (κ1) is 15.2. The van der Waals surface area contributed by atoms with Crippen molar-refractivity contribution in [2.45, 2.75) is 13.8 Å². The fourth-order valence-corrected chi connectivity index (χ4v) is 1.76. The molecule has 0 aliphatic heterocycles. The van der Waals surface area contributed by atoms with Crippen molar-refractivity contribution in [1.82, 2.24) is 0 Å². The van der Waals surface area contributed by atoms with Crippen LogP contribution >= 0.6 is 15.9 Å². The van der Waals surface area contributed by atoms with E-state index in [1.54, 1.807) is 37.1 Å². The molecule has 0 saturated heterocycles. The van der Waals surface area contributed by atoms with Gasteiger partial charge in [0.2, 0.25) is 0 Å². The van der Waals surface area contributed by atoms with Crippen LogP contribution in [0.2, 0.25) is 0 Å². The van der Waals surface area contributed by atoms with E-state index in [0.717, 1.165) is 4.47 Å². The average molecular weight is 324 g/mol. The topological polar surface area (TPSA) is 69.4 Å². The van der Waals surface area contributed by atoms with Crippen molar-refractivity contribution >= 4 is 33.5 Å². The Hall–Kier alpha value is -1.84. The number of carbonyl (C=O) groups is 1. The molecule has 0 radical (unpaired) electrons. The molecule has 0 aliphatic carbocycles. The Morgan fingerprint density at radius 3 is 2.42 bits per heavy atom. The van der Waals surface area contributed by atoms with Gasteiger partial charge in [-0.05, 0) is 31.5 Å². The average Bonchev–Trinajstić information content (AvgIpc) is 2.39. The lowest BCUT2D eigenvalue weighted by molar-refractivity contribution is -0.138. The zero-order chi connectivity index (χ0) is 14.4. The lowest BCUT2D eigenvalue weighted by Crippen LogP contribution is -2.15. The number of hydrogen-bond acceptors (Lipinski definition) is 4. The molecule has 1 aromatic carbocycles. The van der Waals surface area contributed by atoms with Crippen LogP contribution < -0.4 is 5.73 Å². The van der Waals surface area contributed by atoms with Crippen LogP contribution in [0.25, 0.3) is 5.70 Å². The number of esters is 1. The minimum absolute atomic E-state index is 0.0548. The largest absolute Gasteiger partial charge is 0.462 e. The Morgan fingerprint density at radius 1 is 1.37 bits per heavy atom. The number of hydrogen-bond donors (Lipinski definition) is 1. The summed E-state index contributed by atoms with van der Waals surface area (Å²) in [4.78, 5) is 22.6. The van der Waals surface area contributed by atoms with Gasteiger partial charge in [-0.15, -0.1) is 0 Å². The Morgan fingerprint density at radius 2 is 1.95 bits per heavy atom. The van der Waals surface area contributed by atoms with Gasteiger partial charge in [0.25, 0.3) is 0 Å². The standard InChI is InChI=1S/C14H14BrNO3/c1-3-19-14(18)12(9(2)8-17)13(16)10-4-6-11(15)7-5-10/h4-7H,3,16H2,1-2H3/b13-12-. The summed E-state index contributed by atoms with van der Waals surface area (Å²) in [6.07, 6.45) is 0. The molecule has 0 spiro atoms. The fourth-order valence-electron chi connectivity index (χ4n) is 1.49. The van der Waals surface area contributed by atoms with Crippen molar-refractivity contribution in [2.24, 2.45) is 5.73 Å². The van der Waals surface area contributed by atoms with Gasteiger partial charge in [-0.2, -0.15) is 0 Å². The second-order valence-corrected chi connectivity index (χ2v) is 4.66. The van der Waals surface area contributed by atoms with E-state index in [-0.39, 0.29) is 23.5 Å². The molecule has 0 aliphatic rings. The van der Waals surface area contributed by atoms with Gasteiger partial charge in [0.15, 0.2) is 0 Å². The third-order valence-electron chi connectivity index (χ3n) is 2.43. The Labute approximate surface area is 120 Å². The predicted octanol–water partition coefficient (Wildman–Crippen LogP) is 2.46. The van der Waals surface area contributed by atoms with E-state index in [9.17, 15) is 9.59 Å². The second-order valence-electron chi connectivity index (χ2n) is 3.74. The van der Waals surface area contributed by atoms with Crippen molar-refractivity contribution in [3.8, 4) is 0 Å². The fraction of sp³-hybridized carbons (Fsp3) is 0.214. The van der Waals surface area contributed by atoms with Crippen LogP contribution in [0, 0.1) is 0 Å². The van der Waals surface area contributed by atoms with Gasteiger partial charge >= 0.3 is 5.97 Å². The van der Waals surface area contributed by atoms with Crippen LogP contribution in [0.5, 0.6) is 0 Å². The summed E-state index contributed by atoms with van der Waals surface area (Å²) in [5, 5.41) is 0. The molecule has 0 bridgehead atoms. The zero-order valence-corrected chi connectivity index (χ0v) is 12.3. The van der Waals surface area contributed by atoms with Crippen molar-refractivity contribution in [3.63, 3.8) is 0 Å². The Kier molecular flexibility index (Phi) is 5.55.